The average Bonchev–Trinajstić information content (AvgIpc) is 2.78. The van der Waals surface area contributed by atoms with Gasteiger partial charge in [-0.15, -0.1) is 0 Å². The molecule has 0 unspecified atom stereocenters. The monoisotopic (exact) mass is 458 g/mol. The Hall–Kier alpha value is -2.68. The van der Waals surface area contributed by atoms with Crippen LogP contribution < -0.4 is 10.5 Å². The smallest absolute Gasteiger partial charge is 0.287 e. The minimum atomic E-state index is -3.55. The van der Waals surface area contributed by atoms with E-state index in [1.54, 1.807) is 30.5 Å². The zero-order valence-corrected chi connectivity index (χ0v) is 18.7. The molecule has 1 fully saturated rings. The molecule has 1 saturated heterocycles. The van der Waals surface area contributed by atoms with Crippen LogP contribution in [0.2, 0.25) is 5.02 Å². The fourth-order valence-electron chi connectivity index (χ4n) is 3.57. The van der Waals surface area contributed by atoms with Crippen molar-refractivity contribution in [2.45, 2.75) is 18.4 Å². The van der Waals surface area contributed by atoms with Gasteiger partial charge < -0.3 is 4.90 Å². The van der Waals surface area contributed by atoms with Crippen LogP contribution in [0.4, 0.5) is 5.69 Å². The highest BCUT2D eigenvalue weighted by Gasteiger charge is 2.29. The van der Waals surface area contributed by atoms with Crippen LogP contribution in [0, 0.1) is 6.92 Å². The molecule has 0 bridgehead atoms. The molecular formula is C22H23ClN4O3S. The quantitative estimate of drug-likeness (QED) is 0.587. The Morgan fingerprint density at radius 1 is 0.968 bits per heavy atom. The summed E-state index contributed by atoms with van der Waals surface area (Å²) in [6.07, 6.45) is 1.58. The van der Waals surface area contributed by atoms with Crippen LogP contribution in [0.15, 0.2) is 70.5 Å². The number of nitrogens with zero attached hydrogens (tertiary/aromatic N) is 4. The number of rotatable bonds is 5. The highest BCUT2D eigenvalue weighted by Crippen LogP contribution is 2.25. The van der Waals surface area contributed by atoms with Gasteiger partial charge >= 0.3 is 0 Å². The van der Waals surface area contributed by atoms with Crippen molar-refractivity contribution in [1.29, 1.82) is 0 Å². The van der Waals surface area contributed by atoms with E-state index in [0.717, 1.165) is 11.1 Å². The summed E-state index contributed by atoms with van der Waals surface area (Å²) in [5.74, 6) is 0. The van der Waals surface area contributed by atoms with Crippen molar-refractivity contribution < 1.29 is 8.42 Å². The topological polar surface area (TPSA) is 75.5 Å². The van der Waals surface area contributed by atoms with E-state index in [1.807, 2.05) is 42.2 Å². The average molecular weight is 459 g/mol. The van der Waals surface area contributed by atoms with Crippen LogP contribution in [0.5, 0.6) is 0 Å². The number of anilines is 1. The molecule has 2 aromatic carbocycles. The number of piperazine rings is 1. The third kappa shape index (κ3) is 4.51. The molecule has 162 valence electrons. The van der Waals surface area contributed by atoms with Crippen LogP contribution in [-0.4, -0.2) is 48.7 Å². The number of aromatic nitrogens is 2. The minimum absolute atomic E-state index is 0.0979. The molecule has 0 atom stereocenters. The van der Waals surface area contributed by atoms with Gasteiger partial charge in [0.25, 0.3) is 5.56 Å². The number of halogens is 1. The molecule has 3 aromatic rings. The molecule has 0 spiro atoms. The number of sulfonamides is 1. The third-order valence-corrected chi connectivity index (χ3v) is 7.65. The van der Waals surface area contributed by atoms with Gasteiger partial charge in [0, 0.05) is 26.2 Å². The maximum absolute atomic E-state index is 12.9. The molecule has 0 N–H and O–H groups in total. The lowest BCUT2D eigenvalue weighted by Gasteiger charge is -2.35. The summed E-state index contributed by atoms with van der Waals surface area (Å²) in [6, 6.07) is 16.4. The van der Waals surface area contributed by atoms with Crippen molar-refractivity contribution in [3.05, 3.63) is 87.3 Å². The normalized spacial score (nSPS) is 15.2. The summed E-state index contributed by atoms with van der Waals surface area (Å²) in [5.41, 5.74) is 2.13. The summed E-state index contributed by atoms with van der Waals surface area (Å²) in [5, 5.41) is 4.38. The lowest BCUT2D eigenvalue weighted by Crippen LogP contribution is -2.49. The van der Waals surface area contributed by atoms with Crippen molar-refractivity contribution in [2.24, 2.45) is 0 Å². The second-order valence-corrected chi connectivity index (χ2v) is 9.81. The highest BCUT2D eigenvalue weighted by molar-refractivity contribution is 7.89. The van der Waals surface area contributed by atoms with Crippen LogP contribution in [0.25, 0.3) is 0 Å². The number of hydrogen-bond donors (Lipinski definition) is 0. The molecule has 1 aliphatic rings. The Kier molecular flexibility index (Phi) is 6.13. The van der Waals surface area contributed by atoms with Crippen molar-refractivity contribution in [3.63, 3.8) is 0 Å². The van der Waals surface area contributed by atoms with Crippen LogP contribution in [0.3, 0.4) is 0 Å². The predicted molar refractivity (Wildman–Crippen MR) is 121 cm³/mol. The van der Waals surface area contributed by atoms with Gasteiger partial charge in [-0.2, -0.15) is 9.40 Å². The molecule has 0 saturated carbocycles. The minimum Gasteiger partial charge on any atom is -0.366 e. The molecule has 0 amide bonds. The molecule has 1 aromatic heterocycles. The van der Waals surface area contributed by atoms with E-state index < -0.39 is 10.0 Å². The zero-order chi connectivity index (χ0) is 22.0. The van der Waals surface area contributed by atoms with E-state index in [-0.39, 0.29) is 15.5 Å². The van der Waals surface area contributed by atoms with Gasteiger partial charge in [-0.05, 0) is 24.6 Å². The third-order valence-electron chi connectivity index (χ3n) is 5.38. The summed E-state index contributed by atoms with van der Waals surface area (Å²) in [7, 11) is -3.55. The first-order valence-corrected chi connectivity index (χ1v) is 11.8. The van der Waals surface area contributed by atoms with Gasteiger partial charge in [-0.1, -0.05) is 59.6 Å². The molecule has 4 rings (SSSR count). The van der Waals surface area contributed by atoms with Gasteiger partial charge in [0.1, 0.15) is 5.02 Å². The molecule has 31 heavy (non-hydrogen) atoms. The van der Waals surface area contributed by atoms with Crippen LogP contribution in [-0.2, 0) is 16.6 Å². The number of aryl methyl sites for hydroxylation is 1. The molecule has 0 radical (unpaired) electrons. The summed E-state index contributed by atoms with van der Waals surface area (Å²) >= 11 is 6.39. The highest BCUT2D eigenvalue weighted by atomic mass is 35.5. The van der Waals surface area contributed by atoms with Crippen molar-refractivity contribution in [3.8, 4) is 0 Å². The predicted octanol–water partition coefficient (Wildman–Crippen LogP) is 2.76. The lowest BCUT2D eigenvalue weighted by molar-refractivity contribution is 0.384. The molecule has 7 nitrogen and oxygen atoms in total. The largest absolute Gasteiger partial charge is 0.366 e. The number of benzene rings is 2. The molecule has 9 heteroatoms. The van der Waals surface area contributed by atoms with E-state index in [1.165, 1.54) is 8.99 Å². The van der Waals surface area contributed by atoms with Gasteiger partial charge in [0.2, 0.25) is 10.0 Å². The van der Waals surface area contributed by atoms with E-state index in [2.05, 4.69) is 5.10 Å². The van der Waals surface area contributed by atoms with Gasteiger partial charge in [-0.3, -0.25) is 4.79 Å². The van der Waals surface area contributed by atoms with Gasteiger partial charge in [0.05, 0.1) is 23.3 Å². The van der Waals surface area contributed by atoms with E-state index >= 15 is 0 Å². The fraction of sp³-hybridized carbons (Fsp3) is 0.273. The Balaban J connectivity index is 1.48. The standard InChI is InChI=1S/C22H23ClN4O3S/c1-17-7-9-19(10-8-17)31(29,30)26-13-11-25(12-14-26)20-15-24-27(22(28)21(20)23)16-18-5-3-2-4-6-18/h2-10,15H,11-14,16H2,1H3. The van der Waals surface area contributed by atoms with Gasteiger partial charge in [-0.25, -0.2) is 13.1 Å². The van der Waals surface area contributed by atoms with Crippen molar-refractivity contribution in [1.82, 2.24) is 14.1 Å². The van der Waals surface area contributed by atoms with Crippen molar-refractivity contribution in [2.75, 3.05) is 31.1 Å². The Labute approximate surface area is 186 Å². The Bertz CT molecular complexity index is 1220. The summed E-state index contributed by atoms with van der Waals surface area (Å²) in [6.45, 7) is 3.71. The first kappa shape index (κ1) is 21.5. The van der Waals surface area contributed by atoms with Crippen LogP contribution in [0.1, 0.15) is 11.1 Å². The molecular weight excluding hydrogens is 436 g/mol. The Morgan fingerprint density at radius 2 is 1.61 bits per heavy atom. The molecule has 1 aliphatic heterocycles. The summed E-state index contributed by atoms with van der Waals surface area (Å²) in [4.78, 5) is 14.9. The van der Waals surface area contributed by atoms with Crippen LogP contribution >= 0.6 is 11.6 Å². The van der Waals surface area contributed by atoms with E-state index in [4.69, 9.17) is 11.6 Å². The molecule has 0 aliphatic carbocycles. The summed E-state index contributed by atoms with van der Waals surface area (Å²) < 4.78 is 28.6. The first-order chi connectivity index (χ1) is 14.9. The first-order valence-electron chi connectivity index (χ1n) is 9.97. The fourth-order valence-corrected chi connectivity index (χ4v) is 5.26. The zero-order valence-electron chi connectivity index (χ0n) is 17.1. The maximum atomic E-state index is 12.9. The number of hydrogen-bond acceptors (Lipinski definition) is 5. The second-order valence-electron chi connectivity index (χ2n) is 7.50. The lowest BCUT2D eigenvalue weighted by atomic mass is 10.2. The van der Waals surface area contributed by atoms with Crippen molar-refractivity contribution >= 4 is 27.3 Å². The SMILES string of the molecule is Cc1ccc(S(=O)(=O)N2CCN(c3cnn(Cc4ccccc4)c(=O)c3Cl)CC2)cc1. The maximum Gasteiger partial charge on any atom is 0.287 e. The van der Waals surface area contributed by atoms with E-state index in [0.29, 0.717) is 38.4 Å². The molecule has 2 heterocycles. The Morgan fingerprint density at radius 3 is 2.26 bits per heavy atom. The van der Waals surface area contributed by atoms with E-state index in [9.17, 15) is 13.2 Å². The van der Waals surface area contributed by atoms with Gasteiger partial charge in [0.15, 0.2) is 0 Å². The second kappa shape index (κ2) is 8.82.